The van der Waals surface area contributed by atoms with Crippen molar-refractivity contribution in [1.82, 2.24) is 10.2 Å². The quantitative estimate of drug-likeness (QED) is 0.670. The molecule has 1 heterocycles. The van der Waals surface area contributed by atoms with Crippen LogP contribution in [0.25, 0.3) is 0 Å². The zero-order valence-electron chi connectivity index (χ0n) is 14.3. The van der Waals surface area contributed by atoms with Crippen molar-refractivity contribution in [2.75, 3.05) is 18.5 Å². The first-order valence-electron chi connectivity index (χ1n) is 8.25. The molecule has 0 saturated heterocycles. The predicted molar refractivity (Wildman–Crippen MR) is 95.3 cm³/mol. The van der Waals surface area contributed by atoms with Crippen LogP contribution in [0.15, 0.2) is 59.0 Å². The van der Waals surface area contributed by atoms with E-state index in [9.17, 15) is 4.79 Å². The Kier molecular flexibility index (Phi) is 5.82. The number of nitrogens with zero attached hydrogens (tertiary/aromatic N) is 2. The summed E-state index contributed by atoms with van der Waals surface area (Å²) in [5.74, 6) is 1.37. The zero-order chi connectivity index (χ0) is 18.2. The first-order valence-corrected chi connectivity index (χ1v) is 8.25. The Morgan fingerprint density at radius 2 is 1.69 bits per heavy atom. The fourth-order valence-electron chi connectivity index (χ4n) is 2.25. The number of anilines is 1. The predicted octanol–water partition coefficient (Wildman–Crippen LogP) is 3.08. The van der Waals surface area contributed by atoms with E-state index in [1.165, 1.54) is 0 Å². The number of carbonyl (C=O) groups is 1. The minimum atomic E-state index is -0.381. The lowest BCUT2D eigenvalue weighted by atomic mass is 10.2. The van der Waals surface area contributed by atoms with Gasteiger partial charge in [0.2, 0.25) is 5.89 Å². The van der Waals surface area contributed by atoms with Gasteiger partial charge in [0.15, 0.2) is 6.61 Å². The van der Waals surface area contributed by atoms with Crippen LogP contribution < -0.4 is 14.8 Å². The Morgan fingerprint density at radius 3 is 2.38 bits per heavy atom. The highest BCUT2D eigenvalue weighted by Gasteiger charge is 2.11. The van der Waals surface area contributed by atoms with Gasteiger partial charge in [-0.2, -0.15) is 0 Å². The minimum absolute atomic E-state index is 0.0521. The smallest absolute Gasteiger partial charge is 0.322 e. The van der Waals surface area contributed by atoms with E-state index in [0.29, 0.717) is 24.7 Å². The maximum absolute atomic E-state index is 11.9. The van der Waals surface area contributed by atoms with E-state index in [0.717, 1.165) is 11.3 Å². The highest BCUT2D eigenvalue weighted by atomic mass is 16.5. The number of nitrogens with one attached hydrogen (secondary N) is 1. The molecule has 0 aliphatic rings. The Labute approximate surface area is 151 Å². The molecule has 3 aromatic rings. The number of amides is 1. The molecule has 0 aliphatic carbocycles. The third-order valence-corrected chi connectivity index (χ3v) is 3.42. The first-order chi connectivity index (χ1) is 12.7. The molecule has 3 rings (SSSR count). The number of ether oxygens (including phenoxy) is 2. The van der Waals surface area contributed by atoms with Gasteiger partial charge in [0.25, 0.3) is 5.91 Å². The normalized spacial score (nSPS) is 10.3. The van der Waals surface area contributed by atoms with Crippen molar-refractivity contribution in [3.63, 3.8) is 0 Å². The van der Waals surface area contributed by atoms with Crippen LogP contribution in [0, 0.1) is 0 Å². The highest BCUT2D eigenvalue weighted by Crippen LogP contribution is 2.17. The van der Waals surface area contributed by atoms with Crippen molar-refractivity contribution in [2.24, 2.45) is 0 Å². The van der Waals surface area contributed by atoms with Crippen LogP contribution in [-0.2, 0) is 11.2 Å². The molecule has 26 heavy (non-hydrogen) atoms. The molecular formula is C19H19N3O4. The third-order valence-electron chi connectivity index (χ3n) is 3.42. The average Bonchev–Trinajstić information content (AvgIpc) is 3.09. The standard InChI is InChI=1S/C19H19N3O4/c1-2-24-15-8-10-16(11-9-15)25-13-17(23)20-19-22-21-18(26-19)12-14-6-4-3-5-7-14/h3-11H,2,12-13H2,1H3,(H,20,22,23). The highest BCUT2D eigenvalue weighted by molar-refractivity contribution is 5.89. The summed E-state index contributed by atoms with van der Waals surface area (Å²) in [6.45, 7) is 2.35. The van der Waals surface area contributed by atoms with Gasteiger partial charge in [-0.15, -0.1) is 5.10 Å². The van der Waals surface area contributed by atoms with Crippen molar-refractivity contribution >= 4 is 11.9 Å². The third kappa shape index (κ3) is 5.07. The van der Waals surface area contributed by atoms with Gasteiger partial charge < -0.3 is 13.9 Å². The van der Waals surface area contributed by atoms with Gasteiger partial charge in [0.1, 0.15) is 11.5 Å². The van der Waals surface area contributed by atoms with Gasteiger partial charge in [-0.1, -0.05) is 35.4 Å². The summed E-state index contributed by atoms with van der Waals surface area (Å²) in [4.78, 5) is 11.9. The SMILES string of the molecule is CCOc1ccc(OCC(=O)Nc2nnc(Cc3ccccc3)o2)cc1. The first kappa shape index (κ1) is 17.5. The van der Waals surface area contributed by atoms with Gasteiger partial charge in [-0.3, -0.25) is 10.1 Å². The molecule has 7 heteroatoms. The molecule has 0 unspecified atom stereocenters. The monoisotopic (exact) mass is 353 g/mol. The van der Waals surface area contributed by atoms with E-state index in [1.807, 2.05) is 37.3 Å². The molecule has 1 aromatic heterocycles. The van der Waals surface area contributed by atoms with E-state index >= 15 is 0 Å². The lowest BCUT2D eigenvalue weighted by molar-refractivity contribution is -0.118. The number of hydrogen-bond donors (Lipinski definition) is 1. The number of rotatable bonds is 8. The van der Waals surface area contributed by atoms with Gasteiger partial charge in [-0.05, 0) is 36.8 Å². The van der Waals surface area contributed by atoms with Crippen LogP contribution in [0.5, 0.6) is 11.5 Å². The summed E-state index contributed by atoms with van der Waals surface area (Å²) >= 11 is 0. The van der Waals surface area contributed by atoms with Crippen LogP contribution in [0.3, 0.4) is 0 Å². The van der Waals surface area contributed by atoms with Gasteiger partial charge >= 0.3 is 6.01 Å². The summed E-state index contributed by atoms with van der Waals surface area (Å²) < 4.78 is 16.2. The molecule has 2 aromatic carbocycles. The number of benzene rings is 2. The maximum Gasteiger partial charge on any atom is 0.322 e. The molecule has 0 fully saturated rings. The van der Waals surface area contributed by atoms with Crippen molar-refractivity contribution in [3.8, 4) is 11.5 Å². The van der Waals surface area contributed by atoms with Crippen LogP contribution >= 0.6 is 0 Å². The summed E-state index contributed by atoms with van der Waals surface area (Å²) in [7, 11) is 0. The summed E-state index contributed by atoms with van der Waals surface area (Å²) in [6.07, 6.45) is 0.506. The van der Waals surface area contributed by atoms with Crippen molar-refractivity contribution in [3.05, 3.63) is 66.1 Å². The molecule has 0 radical (unpaired) electrons. The zero-order valence-corrected chi connectivity index (χ0v) is 14.3. The summed E-state index contributed by atoms with van der Waals surface area (Å²) in [6, 6.07) is 16.8. The van der Waals surface area contributed by atoms with Gasteiger partial charge in [-0.25, -0.2) is 0 Å². The van der Waals surface area contributed by atoms with Crippen LogP contribution in [-0.4, -0.2) is 29.3 Å². The lowest BCUT2D eigenvalue weighted by Crippen LogP contribution is -2.20. The van der Waals surface area contributed by atoms with E-state index in [2.05, 4.69) is 15.5 Å². The fourth-order valence-corrected chi connectivity index (χ4v) is 2.25. The second-order valence-corrected chi connectivity index (χ2v) is 5.40. The van der Waals surface area contributed by atoms with Crippen molar-refractivity contribution in [1.29, 1.82) is 0 Å². The molecule has 1 amide bonds. The van der Waals surface area contributed by atoms with E-state index in [4.69, 9.17) is 13.9 Å². The van der Waals surface area contributed by atoms with Crippen molar-refractivity contribution in [2.45, 2.75) is 13.3 Å². The fraction of sp³-hybridized carbons (Fsp3) is 0.211. The number of carbonyl (C=O) groups excluding carboxylic acids is 1. The van der Waals surface area contributed by atoms with Crippen LogP contribution in [0.1, 0.15) is 18.4 Å². The molecule has 0 spiro atoms. The topological polar surface area (TPSA) is 86.5 Å². The molecule has 0 bridgehead atoms. The molecule has 7 nitrogen and oxygen atoms in total. The Balaban J connectivity index is 1.47. The second-order valence-electron chi connectivity index (χ2n) is 5.40. The largest absolute Gasteiger partial charge is 0.494 e. The summed E-state index contributed by atoms with van der Waals surface area (Å²) in [5, 5.41) is 10.3. The van der Waals surface area contributed by atoms with Crippen molar-refractivity contribution < 1.29 is 18.7 Å². The molecule has 0 atom stereocenters. The second kappa shape index (κ2) is 8.66. The van der Waals surface area contributed by atoms with Crippen LogP contribution in [0.4, 0.5) is 6.01 Å². The maximum atomic E-state index is 11.9. The molecule has 0 aliphatic heterocycles. The lowest BCUT2D eigenvalue weighted by Gasteiger charge is -2.07. The molecule has 1 N–H and O–H groups in total. The molecule has 0 saturated carbocycles. The van der Waals surface area contributed by atoms with Gasteiger partial charge in [0, 0.05) is 0 Å². The number of hydrogen-bond acceptors (Lipinski definition) is 6. The van der Waals surface area contributed by atoms with Gasteiger partial charge in [0.05, 0.1) is 13.0 Å². The Morgan fingerprint density at radius 1 is 1.00 bits per heavy atom. The average molecular weight is 353 g/mol. The number of aromatic nitrogens is 2. The van der Waals surface area contributed by atoms with E-state index in [-0.39, 0.29) is 18.5 Å². The molecular weight excluding hydrogens is 334 g/mol. The van der Waals surface area contributed by atoms with Crippen LogP contribution in [0.2, 0.25) is 0 Å². The Bertz CT molecular complexity index is 832. The summed E-state index contributed by atoms with van der Waals surface area (Å²) in [5.41, 5.74) is 1.05. The van der Waals surface area contributed by atoms with E-state index < -0.39 is 0 Å². The Hall–Kier alpha value is -3.35. The molecule has 134 valence electrons. The minimum Gasteiger partial charge on any atom is -0.494 e. The van der Waals surface area contributed by atoms with E-state index in [1.54, 1.807) is 24.3 Å².